The Kier molecular flexibility index (Phi) is 4.67. The van der Waals surface area contributed by atoms with Crippen LogP contribution in [0.1, 0.15) is 15.9 Å². The van der Waals surface area contributed by atoms with Gasteiger partial charge in [0, 0.05) is 16.3 Å². The normalized spacial score (nSPS) is 24.8. The van der Waals surface area contributed by atoms with Gasteiger partial charge in [0.25, 0.3) is 0 Å². The first-order chi connectivity index (χ1) is 16.5. The Labute approximate surface area is 200 Å². The van der Waals surface area contributed by atoms with Crippen molar-refractivity contribution in [2.45, 2.75) is 12.1 Å². The van der Waals surface area contributed by atoms with E-state index in [0.29, 0.717) is 10.6 Å². The molecule has 6 rings (SSSR count). The van der Waals surface area contributed by atoms with Crippen LogP contribution in [0.2, 0.25) is 5.02 Å². The van der Waals surface area contributed by atoms with Crippen LogP contribution in [0.5, 0.6) is 0 Å². The van der Waals surface area contributed by atoms with E-state index in [1.807, 2.05) is 41.3 Å². The van der Waals surface area contributed by atoms with Crippen molar-refractivity contribution in [1.29, 1.82) is 0 Å². The predicted molar refractivity (Wildman–Crippen MR) is 127 cm³/mol. The number of carbonyl (C=O) groups is 3. The number of nitrogens with zero attached hydrogens (tertiary/aromatic N) is 2. The largest absolute Gasteiger partial charge is 0.352 e. The summed E-state index contributed by atoms with van der Waals surface area (Å²) >= 11 is 6.02. The standard InChI is InChI=1S/C27H18ClFN2O3/c28-17-12-9-16(10-13-17)25(32)24-23-22(21-14-11-15-5-1-3-7-19(15)30(21)24)26(33)31(27(23)34)20-8-4-2-6-18(20)29/h1-14,21-24H/t21-,22-,23-,24+/m0/s1. The smallest absolute Gasteiger partial charge is 0.240 e. The average molecular weight is 473 g/mol. The lowest BCUT2D eigenvalue weighted by atomic mass is 9.86. The zero-order valence-corrected chi connectivity index (χ0v) is 18.5. The summed E-state index contributed by atoms with van der Waals surface area (Å²) in [5.74, 6) is -3.76. The number of para-hydroxylation sites is 2. The Bertz CT molecular complexity index is 1390. The fraction of sp³-hybridized carbons (Fsp3) is 0.148. The highest BCUT2D eigenvalue weighted by Crippen LogP contribution is 2.50. The summed E-state index contributed by atoms with van der Waals surface area (Å²) in [6.45, 7) is 0. The molecular formula is C27H18ClFN2O3. The molecule has 0 saturated carbocycles. The number of carbonyl (C=O) groups excluding carboxylic acids is 3. The number of Topliss-reactive ketones (excluding diaryl/α,β-unsaturated/α-hetero) is 1. The van der Waals surface area contributed by atoms with Crippen molar-refractivity contribution in [2.75, 3.05) is 9.80 Å². The summed E-state index contributed by atoms with van der Waals surface area (Å²) in [5, 5.41) is 0.489. The number of ketones is 1. The Morgan fingerprint density at radius 3 is 2.21 bits per heavy atom. The molecule has 0 spiro atoms. The van der Waals surface area contributed by atoms with Crippen LogP contribution in [-0.4, -0.2) is 29.7 Å². The van der Waals surface area contributed by atoms with E-state index in [4.69, 9.17) is 11.6 Å². The fourth-order valence-corrected chi connectivity index (χ4v) is 5.59. The second-order valence-corrected chi connectivity index (χ2v) is 9.08. The third-order valence-electron chi connectivity index (χ3n) is 6.91. The fourth-order valence-electron chi connectivity index (χ4n) is 5.47. The van der Waals surface area contributed by atoms with Gasteiger partial charge in [-0.3, -0.25) is 14.4 Å². The molecular weight excluding hydrogens is 455 g/mol. The minimum Gasteiger partial charge on any atom is -0.352 e. The van der Waals surface area contributed by atoms with Gasteiger partial charge in [0.2, 0.25) is 11.8 Å². The Hall–Kier alpha value is -3.77. The molecule has 2 saturated heterocycles. The molecule has 3 aromatic rings. The van der Waals surface area contributed by atoms with Crippen molar-refractivity contribution in [3.8, 4) is 0 Å². The number of hydrogen-bond acceptors (Lipinski definition) is 4. The maximum absolute atomic E-state index is 14.6. The zero-order chi connectivity index (χ0) is 23.6. The molecule has 7 heteroatoms. The number of halogens is 2. The molecule has 3 aliphatic heterocycles. The Balaban J connectivity index is 1.51. The molecule has 3 aromatic carbocycles. The molecule has 2 fully saturated rings. The van der Waals surface area contributed by atoms with Crippen molar-refractivity contribution >= 4 is 46.6 Å². The topological polar surface area (TPSA) is 57.7 Å². The number of benzene rings is 3. The van der Waals surface area contributed by atoms with Crippen LogP contribution in [0.4, 0.5) is 15.8 Å². The number of amides is 2. The number of fused-ring (bicyclic) bond motifs is 5. The molecule has 0 N–H and O–H groups in total. The van der Waals surface area contributed by atoms with Gasteiger partial charge in [-0.15, -0.1) is 0 Å². The Morgan fingerprint density at radius 1 is 0.824 bits per heavy atom. The molecule has 4 atom stereocenters. The molecule has 168 valence electrons. The molecule has 0 aliphatic carbocycles. The van der Waals surface area contributed by atoms with E-state index >= 15 is 0 Å². The second-order valence-electron chi connectivity index (χ2n) is 8.65. The Morgan fingerprint density at radius 2 is 1.47 bits per heavy atom. The maximum atomic E-state index is 14.6. The van der Waals surface area contributed by atoms with Crippen LogP contribution < -0.4 is 9.80 Å². The quantitative estimate of drug-likeness (QED) is 0.407. The monoisotopic (exact) mass is 472 g/mol. The number of hydrogen-bond donors (Lipinski definition) is 0. The van der Waals surface area contributed by atoms with Crippen LogP contribution in [-0.2, 0) is 9.59 Å². The number of rotatable bonds is 3. The van der Waals surface area contributed by atoms with E-state index in [-0.39, 0.29) is 11.5 Å². The lowest BCUT2D eigenvalue weighted by molar-refractivity contribution is -0.122. The van der Waals surface area contributed by atoms with Crippen molar-refractivity contribution in [2.24, 2.45) is 11.8 Å². The van der Waals surface area contributed by atoms with Crippen LogP contribution in [0, 0.1) is 17.7 Å². The minimum atomic E-state index is -0.948. The molecule has 0 aromatic heterocycles. The van der Waals surface area contributed by atoms with Gasteiger partial charge in [-0.25, -0.2) is 9.29 Å². The van der Waals surface area contributed by atoms with Crippen LogP contribution in [0.15, 0.2) is 78.9 Å². The number of anilines is 2. The molecule has 3 aliphatic rings. The zero-order valence-electron chi connectivity index (χ0n) is 17.8. The highest BCUT2D eigenvalue weighted by Gasteiger charge is 2.64. The summed E-state index contributed by atoms with van der Waals surface area (Å²) in [6.07, 6.45) is 3.78. The molecule has 0 radical (unpaired) electrons. The first-order valence-corrected chi connectivity index (χ1v) is 11.3. The lowest BCUT2D eigenvalue weighted by Gasteiger charge is -2.36. The van der Waals surface area contributed by atoms with Crippen molar-refractivity contribution in [1.82, 2.24) is 0 Å². The van der Waals surface area contributed by atoms with E-state index in [1.165, 1.54) is 18.2 Å². The maximum Gasteiger partial charge on any atom is 0.240 e. The molecule has 5 nitrogen and oxygen atoms in total. The summed E-state index contributed by atoms with van der Waals surface area (Å²) < 4.78 is 14.6. The van der Waals surface area contributed by atoms with Crippen molar-refractivity contribution < 1.29 is 18.8 Å². The average Bonchev–Trinajstić information content (AvgIpc) is 3.32. The summed E-state index contributed by atoms with van der Waals surface area (Å²) in [4.78, 5) is 44.0. The van der Waals surface area contributed by atoms with E-state index in [0.717, 1.165) is 16.2 Å². The van der Waals surface area contributed by atoms with Gasteiger partial charge in [0.05, 0.1) is 23.6 Å². The SMILES string of the molecule is O=C(c1ccc(Cl)cc1)[C@H]1[C@H]2C(=O)N(c3ccccc3F)C(=O)[C@H]2[C@@H]2C=Cc3ccccc3N21. The van der Waals surface area contributed by atoms with E-state index < -0.39 is 41.6 Å². The first kappa shape index (κ1) is 20.8. The first-order valence-electron chi connectivity index (χ1n) is 10.9. The van der Waals surface area contributed by atoms with Crippen LogP contribution >= 0.6 is 11.6 Å². The third-order valence-corrected chi connectivity index (χ3v) is 7.16. The molecule has 0 bridgehead atoms. The van der Waals surface area contributed by atoms with E-state index in [9.17, 15) is 18.8 Å². The molecule has 2 amide bonds. The highest BCUT2D eigenvalue weighted by molar-refractivity contribution is 6.30. The van der Waals surface area contributed by atoms with Gasteiger partial charge in [0.15, 0.2) is 5.78 Å². The molecule has 34 heavy (non-hydrogen) atoms. The highest BCUT2D eigenvalue weighted by atomic mass is 35.5. The summed E-state index contributed by atoms with van der Waals surface area (Å²) in [6, 6.07) is 18.3. The van der Waals surface area contributed by atoms with Gasteiger partial charge >= 0.3 is 0 Å². The van der Waals surface area contributed by atoms with Crippen LogP contribution in [0.25, 0.3) is 6.08 Å². The van der Waals surface area contributed by atoms with Gasteiger partial charge in [-0.2, -0.15) is 0 Å². The van der Waals surface area contributed by atoms with E-state index in [2.05, 4.69) is 0 Å². The van der Waals surface area contributed by atoms with Gasteiger partial charge in [-0.05, 0) is 48.0 Å². The van der Waals surface area contributed by atoms with E-state index in [1.54, 1.807) is 30.3 Å². The van der Waals surface area contributed by atoms with Crippen molar-refractivity contribution in [3.05, 3.63) is 101 Å². The van der Waals surface area contributed by atoms with Crippen LogP contribution in [0.3, 0.4) is 0 Å². The van der Waals surface area contributed by atoms with Gasteiger partial charge in [0.1, 0.15) is 11.9 Å². The second kappa shape index (κ2) is 7.64. The summed E-state index contributed by atoms with van der Waals surface area (Å²) in [7, 11) is 0. The third kappa shape index (κ3) is 2.88. The van der Waals surface area contributed by atoms with Gasteiger partial charge in [-0.1, -0.05) is 54.1 Å². The lowest BCUT2D eigenvalue weighted by Crippen LogP contribution is -2.49. The van der Waals surface area contributed by atoms with Crippen molar-refractivity contribution in [3.63, 3.8) is 0 Å². The molecule has 3 heterocycles. The minimum absolute atomic E-state index is 0.0867. The predicted octanol–water partition coefficient (Wildman–Crippen LogP) is 4.75. The number of imide groups is 1. The molecule has 0 unspecified atom stereocenters. The summed E-state index contributed by atoms with van der Waals surface area (Å²) in [5.41, 5.74) is 2.00. The van der Waals surface area contributed by atoms with Gasteiger partial charge < -0.3 is 4.90 Å².